The number of thioether (sulfide) groups is 1. The van der Waals surface area contributed by atoms with Gasteiger partial charge in [-0.25, -0.2) is 9.97 Å². The van der Waals surface area contributed by atoms with Crippen LogP contribution < -0.4 is 15.5 Å². The Balaban J connectivity index is 1.02. The van der Waals surface area contributed by atoms with Gasteiger partial charge in [0.1, 0.15) is 0 Å². The molecule has 0 unspecified atom stereocenters. The molecular weight excluding hydrogens is 510 g/mol. The highest BCUT2D eigenvalue weighted by molar-refractivity contribution is 8.18. The predicted octanol–water partition coefficient (Wildman–Crippen LogP) is 4.42. The van der Waals surface area contributed by atoms with Gasteiger partial charge in [0.15, 0.2) is 0 Å². The molecule has 0 spiro atoms. The Morgan fingerprint density at radius 2 is 1.90 bits per heavy atom. The first-order valence-electron chi connectivity index (χ1n) is 12.9. The Morgan fingerprint density at radius 1 is 1.03 bits per heavy atom. The third kappa shape index (κ3) is 5.81. The van der Waals surface area contributed by atoms with E-state index >= 15 is 0 Å². The first kappa shape index (κ1) is 25.1. The number of amides is 2. The molecule has 6 rings (SSSR count). The molecule has 5 heterocycles. The standard InChI is InChI=1S/C29H27N7O2S/c37-27-26(39-29(38)35-27)14-21-8-11-32-28(34-21)36-12-9-19(10-13-36)15-30-17-22-5-3-7-25(33-22)24-18-31-16-20-4-1-2-6-23(20)24/h1-8,11,14,16,18-19,30H,9-10,12-13,15,17H2,(H,35,37,38)/b26-14-. The first-order valence-corrected chi connectivity index (χ1v) is 13.8. The largest absolute Gasteiger partial charge is 0.341 e. The van der Waals surface area contributed by atoms with Crippen molar-refractivity contribution in [3.8, 4) is 11.3 Å². The van der Waals surface area contributed by atoms with Crippen molar-refractivity contribution in [1.29, 1.82) is 0 Å². The summed E-state index contributed by atoms with van der Waals surface area (Å²) >= 11 is 0.889. The van der Waals surface area contributed by atoms with Crippen LogP contribution in [0.1, 0.15) is 24.2 Å². The molecule has 0 saturated carbocycles. The normalized spacial score (nSPS) is 17.2. The van der Waals surface area contributed by atoms with E-state index in [4.69, 9.17) is 4.98 Å². The van der Waals surface area contributed by atoms with E-state index < -0.39 is 0 Å². The summed E-state index contributed by atoms with van der Waals surface area (Å²) in [5, 5.41) is 7.76. The van der Waals surface area contributed by atoms with Crippen LogP contribution in [-0.2, 0) is 11.3 Å². The van der Waals surface area contributed by atoms with E-state index in [0.717, 1.165) is 72.0 Å². The molecule has 1 aromatic carbocycles. The number of carbonyl (C=O) groups is 2. The van der Waals surface area contributed by atoms with E-state index in [9.17, 15) is 9.59 Å². The molecule has 0 aliphatic carbocycles. The van der Waals surface area contributed by atoms with E-state index in [2.05, 4.69) is 54.8 Å². The number of rotatable bonds is 7. The molecule has 0 atom stereocenters. The van der Waals surface area contributed by atoms with Gasteiger partial charge in [-0.05, 0) is 66.7 Å². The lowest BCUT2D eigenvalue weighted by Crippen LogP contribution is -2.38. The van der Waals surface area contributed by atoms with Gasteiger partial charge in [0.05, 0.1) is 22.0 Å². The van der Waals surface area contributed by atoms with Crippen molar-refractivity contribution >= 4 is 45.7 Å². The number of imide groups is 1. The number of piperidine rings is 1. The SMILES string of the molecule is O=C1NC(=O)/C(=C/c2ccnc(N3CCC(CNCc4cccc(-c5cncc6ccccc56)n4)CC3)n2)S1. The number of benzene rings is 1. The number of fused-ring (bicyclic) bond motifs is 1. The summed E-state index contributed by atoms with van der Waals surface area (Å²) in [4.78, 5) is 44.1. The fourth-order valence-electron chi connectivity index (χ4n) is 4.94. The van der Waals surface area contributed by atoms with Gasteiger partial charge in [-0.15, -0.1) is 0 Å². The number of carbonyl (C=O) groups excluding carboxylic acids is 2. The quantitative estimate of drug-likeness (QED) is 0.331. The van der Waals surface area contributed by atoms with E-state index in [1.165, 1.54) is 0 Å². The molecule has 0 radical (unpaired) electrons. The lowest BCUT2D eigenvalue weighted by atomic mass is 9.97. The number of hydrogen-bond acceptors (Lipinski definition) is 9. The minimum atomic E-state index is -0.383. The number of hydrogen-bond donors (Lipinski definition) is 2. The number of nitrogens with zero attached hydrogens (tertiary/aromatic N) is 5. The number of aromatic nitrogens is 4. The lowest BCUT2D eigenvalue weighted by molar-refractivity contribution is -0.115. The average molecular weight is 538 g/mol. The highest BCUT2D eigenvalue weighted by atomic mass is 32.2. The summed E-state index contributed by atoms with van der Waals surface area (Å²) in [5.74, 6) is 0.821. The van der Waals surface area contributed by atoms with Crippen molar-refractivity contribution in [2.24, 2.45) is 5.92 Å². The highest BCUT2D eigenvalue weighted by Crippen LogP contribution is 2.27. The summed E-state index contributed by atoms with van der Waals surface area (Å²) in [6.45, 7) is 3.35. The first-order chi connectivity index (χ1) is 19.1. The maximum Gasteiger partial charge on any atom is 0.290 e. The second kappa shape index (κ2) is 11.3. The lowest BCUT2D eigenvalue weighted by Gasteiger charge is -2.32. The molecule has 4 aromatic rings. The van der Waals surface area contributed by atoms with Crippen LogP contribution in [0.2, 0.25) is 0 Å². The maximum atomic E-state index is 11.8. The zero-order valence-corrected chi connectivity index (χ0v) is 22.0. The van der Waals surface area contributed by atoms with Crippen LogP contribution in [0.15, 0.2) is 72.0 Å². The maximum absolute atomic E-state index is 11.8. The van der Waals surface area contributed by atoms with Gasteiger partial charge in [-0.3, -0.25) is 24.9 Å². The van der Waals surface area contributed by atoms with Crippen molar-refractivity contribution in [1.82, 2.24) is 30.6 Å². The molecule has 3 aromatic heterocycles. The Morgan fingerprint density at radius 3 is 2.74 bits per heavy atom. The third-order valence-electron chi connectivity index (χ3n) is 6.97. The molecule has 0 bridgehead atoms. The Labute approximate surface area is 230 Å². The second-order valence-electron chi connectivity index (χ2n) is 9.62. The molecule has 2 aliphatic heterocycles. The Hall–Kier alpha value is -4.15. The fourth-order valence-corrected chi connectivity index (χ4v) is 5.61. The van der Waals surface area contributed by atoms with Gasteiger partial charge in [0.25, 0.3) is 11.1 Å². The molecule has 9 nitrogen and oxygen atoms in total. The van der Waals surface area contributed by atoms with Crippen molar-refractivity contribution in [2.45, 2.75) is 19.4 Å². The van der Waals surface area contributed by atoms with Gasteiger partial charge in [0, 0.05) is 49.2 Å². The summed E-state index contributed by atoms with van der Waals surface area (Å²) < 4.78 is 0. The number of anilines is 1. The zero-order chi connectivity index (χ0) is 26.6. The van der Waals surface area contributed by atoms with Crippen LogP contribution in [0.3, 0.4) is 0 Å². The molecule has 2 aliphatic rings. The smallest absolute Gasteiger partial charge is 0.290 e. The van der Waals surface area contributed by atoms with Crippen molar-refractivity contribution in [3.05, 3.63) is 83.4 Å². The Bertz CT molecular complexity index is 1560. The van der Waals surface area contributed by atoms with Gasteiger partial charge in [0.2, 0.25) is 5.95 Å². The average Bonchev–Trinajstić information content (AvgIpc) is 3.29. The predicted molar refractivity (Wildman–Crippen MR) is 153 cm³/mol. The molecule has 196 valence electrons. The van der Waals surface area contributed by atoms with Crippen LogP contribution in [0.25, 0.3) is 28.1 Å². The highest BCUT2D eigenvalue weighted by Gasteiger charge is 2.26. The molecule has 2 fully saturated rings. The van der Waals surface area contributed by atoms with Crippen molar-refractivity contribution < 1.29 is 9.59 Å². The van der Waals surface area contributed by atoms with Gasteiger partial charge in [-0.2, -0.15) is 0 Å². The van der Waals surface area contributed by atoms with Crippen LogP contribution >= 0.6 is 11.8 Å². The minimum Gasteiger partial charge on any atom is -0.341 e. The fraction of sp³-hybridized carbons (Fsp3) is 0.241. The van der Waals surface area contributed by atoms with E-state index in [1.807, 2.05) is 30.6 Å². The van der Waals surface area contributed by atoms with Gasteiger partial charge in [-0.1, -0.05) is 30.3 Å². The van der Waals surface area contributed by atoms with E-state index in [0.29, 0.717) is 29.0 Å². The van der Waals surface area contributed by atoms with Crippen LogP contribution in [0, 0.1) is 5.92 Å². The zero-order valence-electron chi connectivity index (χ0n) is 21.2. The van der Waals surface area contributed by atoms with E-state index in [-0.39, 0.29) is 11.1 Å². The molecular formula is C29H27N7O2S. The third-order valence-corrected chi connectivity index (χ3v) is 7.78. The van der Waals surface area contributed by atoms with Crippen LogP contribution in [-0.4, -0.2) is 50.7 Å². The molecule has 39 heavy (non-hydrogen) atoms. The molecule has 2 N–H and O–H groups in total. The van der Waals surface area contributed by atoms with E-state index in [1.54, 1.807) is 18.3 Å². The summed E-state index contributed by atoms with van der Waals surface area (Å²) in [5.41, 5.74) is 3.60. The van der Waals surface area contributed by atoms with Crippen LogP contribution in [0.4, 0.5) is 10.7 Å². The second-order valence-corrected chi connectivity index (χ2v) is 10.6. The van der Waals surface area contributed by atoms with Crippen molar-refractivity contribution in [3.63, 3.8) is 0 Å². The topological polar surface area (TPSA) is 113 Å². The summed E-state index contributed by atoms with van der Waals surface area (Å²) in [6, 6.07) is 16.1. The van der Waals surface area contributed by atoms with Gasteiger partial charge >= 0.3 is 0 Å². The summed E-state index contributed by atoms with van der Waals surface area (Å²) in [7, 11) is 0. The molecule has 10 heteroatoms. The summed E-state index contributed by atoms with van der Waals surface area (Å²) in [6.07, 6.45) is 9.16. The Kier molecular flexibility index (Phi) is 7.29. The van der Waals surface area contributed by atoms with Crippen molar-refractivity contribution in [2.75, 3.05) is 24.5 Å². The number of pyridine rings is 2. The van der Waals surface area contributed by atoms with Gasteiger partial charge < -0.3 is 10.2 Å². The molecule has 2 amide bonds. The monoisotopic (exact) mass is 537 g/mol. The molecule has 2 saturated heterocycles. The minimum absolute atomic E-state index is 0.350. The van der Waals surface area contributed by atoms with Crippen LogP contribution in [0.5, 0.6) is 0 Å². The number of nitrogens with one attached hydrogen (secondary N) is 2.